The molecule has 0 fully saturated rings. The summed E-state index contributed by atoms with van der Waals surface area (Å²) in [6, 6.07) is 4.18. The molecule has 2 rings (SSSR count). The van der Waals surface area contributed by atoms with Gasteiger partial charge in [0.25, 0.3) is 0 Å². The van der Waals surface area contributed by atoms with Gasteiger partial charge >= 0.3 is 0 Å². The molecular formula is C10H12ClNOS. The van der Waals surface area contributed by atoms with Crippen molar-refractivity contribution in [2.75, 3.05) is 6.61 Å². The molecular weight excluding hydrogens is 218 g/mol. The Kier molecular flexibility index (Phi) is 4.32. The van der Waals surface area contributed by atoms with Crippen molar-refractivity contribution in [2.45, 2.75) is 12.8 Å². The number of fused-ring (bicyclic) bond motifs is 1. The number of thiophene rings is 1. The van der Waals surface area contributed by atoms with E-state index in [4.69, 9.17) is 5.11 Å². The molecule has 0 saturated carbocycles. The molecule has 0 bridgehead atoms. The van der Waals surface area contributed by atoms with Crippen molar-refractivity contribution in [3.05, 3.63) is 29.3 Å². The fraction of sp³-hybridized carbons (Fsp3) is 0.300. The van der Waals surface area contributed by atoms with Gasteiger partial charge in [0.15, 0.2) is 0 Å². The van der Waals surface area contributed by atoms with Gasteiger partial charge in [-0.25, -0.2) is 0 Å². The minimum Gasteiger partial charge on any atom is -0.396 e. The third kappa shape index (κ3) is 2.44. The Morgan fingerprint density at radius 3 is 3.07 bits per heavy atom. The highest BCUT2D eigenvalue weighted by Gasteiger charge is 1.98. The number of nitrogens with zero attached hydrogens (tertiary/aromatic N) is 1. The maximum absolute atomic E-state index is 8.68. The summed E-state index contributed by atoms with van der Waals surface area (Å²) >= 11 is 1.71. The Labute approximate surface area is 93.0 Å². The molecule has 1 N–H and O–H groups in total. The topological polar surface area (TPSA) is 33.1 Å². The van der Waals surface area contributed by atoms with Gasteiger partial charge in [-0.15, -0.1) is 23.7 Å². The summed E-state index contributed by atoms with van der Waals surface area (Å²) in [6.07, 6.45) is 3.63. The number of aromatic nitrogens is 1. The van der Waals surface area contributed by atoms with Crippen LogP contribution in [0.15, 0.2) is 23.7 Å². The normalized spacial score (nSPS) is 10.1. The summed E-state index contributed by atoms with van der Waals surface area (Å²) in [7, 11) is 0. The molecule has 0 amide bonds. The number of aliphatic hydroxyl groups is 1. The molecule has 0 spiro atoms. The SMILES string of the molecule is Cl.OCCCc1cnc2ccsc2c1. The summed E-state index contributed by atoms with van der Waals surface area (Å²) in [5.41, 5.74) is 2.28. The van der Waals surface area contributed by atoms with E-state index >= 15 is 0 Å². The lowest BCUT2D eigenvalue weighted by Crippen LogP contribution is -1.89. The number of aliphatic hydroxyl groups excluding tert-OH is 1. The van der Waals surface area contributed by atoms with Gasteiger partial charge in [-0.3, -0.25) is 4.98 Å². The first-order valence-electron chi connectivity index (χ1n) is 4.33. The summed E-state index contributed by atoms with van der Waals surface area (Å²) in [6.45, 7) is 0.252. The van der Waals surface area contributed by atoms with Crippen molar-refractivity contribution in [3.8, 4) is 0 Å². The minimum atomic E-state index is 0. The molecule has 14 heavy (non-hydrogen) atoms. The smallest absolute Gasteiger partial charge is 0.0809 e. The van der Waals surface area contributed by atoms with E-state index in [1.165, 1.54) is 10.3 Å². The van der Waals surface area contributed by atoms with Crippen molar-refractivity contribution in [1.29, 1.82) is 0 Å². The average molecular weight is 230 g/mol. The Balaban J connectivity index is 0.000000980. The van der Waals surface area contributed by atoms with Crippen molar-refractivity contribution >= 4 is 34.0 Å². The molecule has 2 nitrogen and oxygen atoms in total. The van der Waals surface area contributed by atoms with E-state index in [1.54, 1.807) is 11.3 Å². The van der Waals surface area contributed by atoms with E-state index in [1.807, 2.05) is 17.6 Å². The van der Waals surface area contributed by atoms with Gasteiger partial charge in [0, 0.05) is 12.8 Å². The van der Waals surface area contributed by atoms with Crippen LogP contribution in [0.25, 0.3) is 10.2 Å². The molecule has 0 saturated heterocycles. The highest BCUT2D eigenvalue weighted by atomic mass is 35.5. The van der Waals surface area contributed by atoms with Crippen LogP contribution in [0, 0.1) is 0 Å². The van der Waals surface area contributed by atoms with E-state index in [0.29, 0.717) is 0 Å². The second-order valence-electron chi connectivity index (χ2n) is 2.97. The molecule has 0 aliphatic carbocycles. The van der Waals surface area contributed by atoms with Crippen LogP contribution in [0.5, 0.6) is 0 Å². The Morgan fingerprint density at radius 1 is 1.43 bits per heavy atom. The number of pyridine rings is 1. The average Bonchev–Trinajstić information content (AvgIpc) is 2.61. The van der Waals surface area contributed by atoms with E-state index in [9.17, 15) is 0 Å². The van der Waals surface area contributed by atoms with Crippen LogP contribution in [0.2, 0.25) is 0 Å². The van der Waals surface area contributed by atoms with E-state index in [0.717, 1.165) is 18.4 Å². The first-order chi connectivity index (χ1) is 6.40. The molecule has 0 atom stereocenters. The van der Waals surface area contributed by atoms with Crippen molar-refractivity contribution in [2.24, 2.45) is 0 Å². The fourth-order valence-corrected chi connectivity index (χ4v) is 2.11. The zero-order valence-corrected chi connectivity index (χ0v) is 9.27. The second-order valence-corrected chi connectivity index (χ2v) is 3.92. The molecule has 0 aromatic carbocycles. The Bertz CT molecular complexity index is 402. The van der Waals surface area contributed by atoms with Gasteiger partial charge in [0.2, 0.25) is 0 Å². The number of hydrogen-bond donors (Lipinski definition) is 1. The first-order valence-corrected chi connectivity index (χ1v) is 5.21. The number of halogens is 1. The van der Waals surface area contributed by atoms with Crippen LogP contribution in [-0.2, 0) is 6.42 Å². The zero-order valence-electron chi connectivity index (χ0n) is 7.64. The first kappa shape index (κ1) is 11.4. The highest BCUT2D eigenvalue weighted by molar-refractivity contribution is 7.17. The third-order valence-electron chi connectivity index (χ3n) is 1.98. The zero-order chi connectivity index (χ0) is 9.10. The van der Waals surface area contributed by atoms with Crippen LogP contribution in [0.4, 0.5) is 0 Å². The predicted octanol–water partition coefficient (Wildman–Crippen LogP) is 2.64. The Hall–Kier alpha value is -0.640. The van der Waals surface area contributed by atoms with Crippen LogP contribution in [0.3, 0.4) is 0 Å². The maximum Gasteiger partial charge on any atom is 0.0809 e. The highest BCUT2D eigenvalue weighted by Crippen LogP contribution is 2.19. The van der Waals surface area contributed by atoms with Gasteiger partial charge in [-0.1, -0.05) is 0 Å². The molecule has 76 valence electrons. The molecule has 0 radical (unpaired) electrons. The molecule has 2 aromatic heterocycles. The van der Waals surface area contributed by atoms with Gasteiger partial charge in [-0.2, -0.15) is 0 Å². The second kappa shape index (κ2) is 5.29. The summed E-state index contributed by atoms with van der Waals surface area (Å²) in [5.74, 6) is 0. The van der Waals surface area contributed by atoms with Crippen LogP contribution in [-0.4, -0.2) is 16.7 Å². The molecule has 0 aliphatic rings. The van der Waals surface area contributed by atoms with Crippen molar-refractivity contribution in [3.63, 3.8) is 0 Å². The summed E-state index contributed by atoms with van der Waals surface area (Å²) < 4.78 is 1.23. The van der Waals surface area contributed by atoms with Gasteiger partial charge < -0.3 is 5.11 Å². The number of hydrogen-bond acceptors (Lipinski definition) is 3. The monoisotopic (exact) mass is 229 g/mol. The molecule has 2 aromatic rings. The lowest BCUT2D eigenvalue weighted by Gasteiger charge is -1.98. The lowest BCUT2D eigenvalue weighted by atomic mass is 10.1. The largest absolute Gasteiger partial charge is 0.396 e. The Morgan fingerprint density at radius 2 is 2.29 bits per heavy atom. The van der Waals surface area contributed by atoms with Crippen LogP contribution < -0.4 is 0 Å². The van der Waals surface area contributed by atoms with Crippen molar-refractivity contribution < 1.29 is 5.11 Å². The van der Waals surface area contributed by atoms with Gasteiger partial charge in [0.05, 0.1) is 10.2 Å². The molecule has 2 heterocycles. The summed E-state index contributed by atoms with van der Waals surface area (Å²) in [5, 5.41) is 10.7. The molecule has 0 aliphatic heterocycles. The third-order valence-corrected chi connectivity index (χ3v) is 2.84. The minimum absolute atomic E-state index is 0. The maximum atomic E-state index is 8.68. The molecule has 4 heteroatoms. The van der Waals surface area contributed by atoms with E-state index in [-0.39, 0.29) is 19.0 Å². The van der Waals surface area contributed by atoms with Crippen LogP contribution >= 0.6 is 23.7 Å². The predicted molar refractivity (Wildman–Crippen MR) is 62.3 cm³/mol. The summed E-state index contributed by atoms with van der Waals surface area (Å²) in [4.78, 5) is 4.32. The van der Waals surface area contributed by atoms with Gasteiger partial charge in [-0.05, 0) is 35.9 Å². The number of rotatable bonds is 3. The van der Waals surface area contributed by atoms with Crippen molar-refractivity contribution in [1.82, 2.24) is 4.98 Å². The quantitative estimate of drug-likeness (QED) is 0.878. The fourth-order valence-electron chi connectivity index (χ4n) is 1.31. The lowest BCUT2D eigenvalue weighted by molar-refractivity contribution is 0.288. The van der Waals surface area contributed by atoms with E-state index < -0.39 is 0 Å². The standard InChI is InChI=1S/C10H11NOS.ClH/c12-4-1-2-8-6-10-9(11-7-8)3-5-13-10;/h3,5-7,12H,1-2,4H2;1H. The number of aryl methyl sites for hydroxylation is 1. The van der Waals surface area contributed by atoms with E-state index in [2.05, 4.69) is 11.1 Å². The van der Waals surface area contributed by atoms with Crippen LogP contribution in [0.1, 0.15) is 12.0 Å². The van der Waals surface area contributed by atoms with Gasteiger partial charge in [0.1, 0.15) is 0 Å². The molecule has 0 unspecified atom stereocenters.